The highest BCUT2D eigenvalue weighted by molar-refractivity contribution is 5.79. The van der Waals surface area contributed by atoms with Crippen LogP contribution in [-0.2, 0) is 4.79 Å². The predicted octanol–water partition coefficient (Wildman–Crippen LogP) is 2.06. The molecular formula is C15H26N2O. The molecule has 3 rings (SSSR count). The van der Waals surface area contributed by atoms with Gasteiger partial charge in [0.15, 0.2) is 0 Å². The second kappa shape index (κ2) is 5.70. The van der Waals surface area contributed by atoms with E-state index in [0.717, 1.165) is 31.7 Å². The van der Waals surface area contributed by atoms with Gasteiger partial charge in [-0.1, -0.05) is 12.8 Å². The van der Waals surface area contributed by atoms with Crippen LogP contribution in [0.25, 0.3) is 0 Å². The third-order valence-corrected chi connectivity index (χ3v) is 5.22. The first-order valence-electron chi connectivity index (χ1n) is 7.83. The summed E-state index contributed by atoms with van der Waals surface area (Å²) in [7, 11) is 0. The van der Waals surface area contributed by atoms with E-state index in [4.69, 9.17) is 0 Å². The molecule has 102 valence electrons. The van der Waals surface area contributed by atoms with E-state index < -0.39 is 0 Å². The molecule has 18 heavy (non-hydrogen) atoms. The molecular weight excluding hydrogens is 224 g/mol. The second-order valence-electron chi connectivity index (χ2n) is 6.28. The summed E-state index contributed by atoms with van der Waals surface area (Å²) in [6.45, 7) is 4.98. The Morgan fingerprint density at radius 1 is 0.722 bits per heavy atom. The van der Waals surface area contributed by atoms with Crippen LogP contribution in [0.15, 0.2) is 0 Å². The van der Waals surface area contributed by atoms with E-state index in [1.165, 1.54) is 51.9 Å². The summed E-state index contributed by atoms with van der Waals surface area (Å²) in [5.74, 6) is 0.482. The number of carbonyl (C=O) groups excluding carboxylic acids is 1. The van der Waals surface area contributed by atoms with Crippen molar-refractivity contribution in [3.63, 3.8) is 0 Å². The standard InChI is InChI=1S/C15H26N2O/c18-15-7-5-14(6-8-15)17-11-9-16(10-12-17)13-3-1-2-4-13/h13-14H,1-12H2. The molecule has 0 N–H and O–H groups in total. The van der Waals surface area contributed by atoms with Crippen molar-refractivity contribution in [2.45, 2.75) is 63.5 Å². The number of Topliss-reactive ketones (excluding diaryl/α,β-unsaturated/α-hetero) is 1. The Morgan fingerprint density at radius 2 is 1.17 bits per heavy atom. The molecule has 0 bridgehead atoms. The smallest absolute Gasteiger partial charge is 0.133 e. The van der Waals surface area contributed by atoms with Gasteiger partial charge in [0, 0.05) is 51.1 Å². The van der Waals surface area contributed by atoms with Crippen LogP contribution >= 0.6 is 0 Å². The summed E-state index contributed by atoms with van der Waals surface area (Å²) in [5.41, 5.74) is 0. The minimum absolute atomic E-state index is 0.482. The van der Waals surface area contributed by atoms with Crippen molar-refractivity contribution in [2.75, 3.05) is 26.2 Å². The van der Waals surface area contributed by atoms with Crippen LogP contribution in [0.5, 0.6) is 0 Å². The first-order valence-corrected chi connectivity index (χ1v) is 7.83. The van der Waals surface area contributed by atoms with E-state index in [0.29, 0.717) is 11.8 Å². The quantitative estimate of drug-likeness (QED) is 0.749. The number of rotatable bonds is 2. The summed E-state index contributed by atoms with van der Waals surface area (Å²) >= 11 is 0. The van der Waals surface area contributed by atoms with Gasteiger partial charge in [0.25, 0.3) is 0 Å². The molecule has 0 unspecified atom stereocenters. The van der Waals surface area contributed by atoms with Crippen molar-refractivity contribution >= 4 is 5.78 Å². The lowest BCUT2D eigenvalue weighted by Crippen LogP contribution is -2.53. The van der Waals surface area contributed by atoms with Gasteiger partial charge in [0.1, 0.15) is 5.78 Å². The van der Waals surface area contributed by atoms with Crippen LogP contribution < -0.4 is 0 Å². The molecule has 1 heterocycles. The average molecular weight is 250 g/mol. The van der Waals surface area contributed by atoms with Crippen molar-refractivity contribution in [3.8, 4) is 0 Å². The third-order valence-electron chi connectivity index (χ3n) is 5.22. The van der Waals surface area contributed by atoms with Crippen molar-refractivity contribution in [1.82, 2.24) is 9.80 Å². The van der Waals surface area contributed by atoms with E-state index in [1.807, 2.05) is 0 Å². The van der Waals surface area contributed by atoms with Gasteiger partial charge in [-0.2, -0.15) is 0 Å². The lowest BCUT2D eigenvalue weighted by molar-refractivity contribution is -0.121. The number of ketones is 1. The second-order valence-corrected chi connectivity index (χ2v) is 6.28. The summed E-state index contributed by atoms with van der Waals surface area (Å²) in [6.07, 6.45) is 9.62. The SMILES string of the molecule is O=C1CCC(N2CCN(C3CCCC3)CC2)CC1. The van der Waals surface area contributed by atoms with Crippen LogP contribution in [0.4, 0.5) is 0 Å². The molecule has 0 aromatic carbocycles. The van der Waals surface area contributed by atoms with Gasteiger partial charge in [-0.05, 0) is 25.7 Å². The van der Waals surface area contributed by atoms with E-state index in [-0.39, 0.29) is 0 Å². The van der Waals surface area contributed by atoms with Crippen LogP contribution in [0, 0.1) is 0 Å². The van der Waals surface area contributed by atoms with E-state index in [1.54, 1.807) is 0 Å². The Bertz CT molecular complexity index is 281. The zero-order chi connectivity index (χ0) is 12.4. The van der Waals surface area contributed by atoms with Gasteiger partial charge in [-0.3, -0.25) is 14.6 Å². The average Bonchev–Trinajstić information content (AvgIpc) is 2.94. The van der Waals surface area contributed by atoms with Crippen molar-refractivity contribution < 1.29 is 4.79 Å². The molecule has 0 aromatic rings. The largest absolute Gasteiger partial charge is 0.300 e. The molecule has 0 radical (unpaired) electrons. The maximum atomic E-state index is 11.3. The number of hydrogen-bond donors (Lipinski definition) is 0. The molecule has 3 aliphatic rings. The highest BCUT2D eigenvalue weighted by Gasteiger charge is 2.30. The van der Waals surface area contributed by atoms with Crippen LogP contribution in [0.3, 0.4) is 0 Å². The molecule has 3 nitrogen and oxygen atoms in total. The fourth-order valence-electron chi connectivity index (χ4n) is 4.03. The summed E-state index contributed by atoms with van der Waals surface area (Å²) in [4.78, 5) is 16.7. The van der Waals surface area contributed by atoms with Crippen LogP contribution in [0.2, 0.25) is 0 Å². The highest BCUT2D eigenvalue weighted by atomic mass is 16.1. The zero-order valence-electron chi connectivity index (χ0n) is 11.4. The number of hydrogen-bond acceptors (Lipinski definition) is 3. The number of piperazine rings is 1. The maximum Gasteiger partial charge on any atom is 0.133 e. The molecule has 0 aromatic heterocycles. The first-order chi connectivity index (χ1) is 8.83. The Balaban J connectivity index is 1.46. The van der Waals surface area contributed by atoms with Gasteiger partial charge in [0.05, 0.1) is 0 Å². The van der Waals surface area contributed by atoms with E-state index in [2.05, 4.69) is 9.80 Å². The lowest BCUT2D eigenvalue weighted by atomic mass is 9.92. The van der Waals surface area contributed by atoms with Gasteiger partial charge in [-0.15, -0.1) is 0 Å². The van der Waals surface area contributed by atoms with Crippen molar-refractivity contribution in [3.05, 3.63) is 0 Å². The predicted molar refractivity (Wildman–Crippen MR) is 72.7 cm³/mol. The normalized spacial score (nSPS) is 30.1. The van der Waals surface area contributed by atoms with Crippen molar-refractivity contribution in [2.24, 2.45) is 0 Å². The van der Waals surface area contributed by atoms with E-state index in [9.17, 15) is 4.79 Å². The molecule has 0 spiro atoms. The fraction of sp³-hybridized carbons (Fsp3) is 0.933. The molecule has 2 aliphatic carbocycles. The Hall–Kier alpha value is -0.410. The van der Waals surface area contributed by atoms with E-state index >= 15 is 0 Å². The minimum Gasteiger partial charge on any atom is -0.300 e. The van der Waals surface area contributed by atoms with Gasteiger partial charge >= 0.3 is 0 Å². The first kappa shape index (κ1) is 12.6. The lowest BCUT2D eigenvalue weighted by Gasteiger charge is -2.42. The van der Waals surface area contributed by atoms with Gasteiger partial charge in [0.2, 0.25) is 0 Å². The third kappa shape index (κ3) is 2.77. The minimum atomic E-state index is 0.482. The highest BCUT2D eigenvalue weighted by Crippen LogP contribution is 2.26. The molecule has 1 saturated heterocycles. The Labute approximate surface area is 111 Å². The zero-order valence-corrected chi connectivity index (χ0v) is 11.4. The molecule has 0 amide bonds. The number of nitrogens with zero attached hydrogens (tertiary/aromatic N) is 2. The summed E-state index contributed by atoms with van der Waals surface area (Å²) in [5, 5.41) is 0. The van der Waals surface area contributed by atoms with Crippen molar-refractivity contribution in [1.29, 1.82) is 0 Å². The van der Waals surface area contributed by atoms with Crippen LogP contribution in [-0.4, -0.2) is 53.8 Å². The maximum absolute atomic E-state index is 11.3. The molecule has 3 fully saturated rings. The summed E-state index contributed by atoms with van der Waals surface area (Å²) < 4.78 is 0. The Kier molecular flexibility index (Phi) is 4.00. The van der Waals surface area contributed by atoms with Gasteiger partial charge in [-0.25, -0.2) is 0 Å². The monoisotopic (exact) mass is 250 g/mol. The summed E-state index contributed by atoms with van der Waals surface area (Å²) in [6, 6.07) is 1.59. The topological polar surface area (TPSA) is 23.6 Å². The Morgan fingerprint density at radius 3 is 1.67 bits per heavy atom. The molecule has 1 aliphatic heterocycles. The molecule has 0 atom stereocenters. The molecule has 3 heteroatoms. The van der Waals surface area contributed by atoms with Gasteiger partial charge < -0.3 is 0 Å². The fourth-order valence-corrected chi connectivity index (χ4v) is 4.03. The number of carbonyl (C=O) groups is 1. The molecule has 2 saturated carbocycles. The van der Waals surface area contributed by atoms with Crippen LogP contribution in [0.1, 0.15) is 51.4 Å².